The van der Waals surface area contributed by atoms with Crippen LogP contribution in [0.25, 0.3) is 0 Å². The fourth-order valence-electron chi connectivity index (χ4n) is 1.22. The Morgan fingerprint density at radius 1 is 1.43 bits per heavy atom. The summed E-state index contributed by atoms with van der Waals surface area (Å²) in [5.41, 5.74) is 6.00. The van der Waals surface area contributed by atoms with Gasteiger partial charge in [-0.15, -0.1) is 23.1 Å². The van der Waals surface area contributed by atoms with Crippen LogP contribution in [-0.4, -0.2) is 11.3 Å². The zero-order valence-corrected chi connectivity index (χ0v) is 11.9. The minimum atomic E-state index is 0.202. The van der Waals surface area contributed by atoms with Gasteiger partial charge in [0.15, 0.2) is 0 Å². The summed E-state index contributed by atoms with van der Waals surface area (Å²) in [5.74, 6) is 0. The van der Waals surface area contributed by atoms with Gasteiger partial charge in [0.1, 0.15) is 0 Å². The normalized spacial score (nSPS) is 15.9. The highest BCUT2D eigenvalue weighted by Crippen LogP contribution is 2.38. The number of thioether (sulfide) groups is 1. The smallest absolute Gasteiger partial charge is 0.0542 e. The molecule has 0 aromatic carbocycles. The Morgan fingerprint density at radius 3 is 2.43 bits per heavy atom. The molecule has 0 radical (unpaired) electrons. The maximum atomic E-state index is 6.00. The molecule has 4 heteroatoms. The highest BCUT2D eigenvalue weighted by molar-refractivity contribution is 9.10. The topological polar surface area (TPSA) is 26.0 Å². The predicted molar refractivity (Wildman–Crippen MR) is 71.1 cm³/mol. The molecule has 80 valence electrons. The average Bonchev–Trinajstić information content (AvgIpc) is 2.46. The standard InChI is InChI=1S/C10H16BrNS2/c1-6(2)14-10(7(3)12)9-4-8(11)5-13-9/h4-7,10H,12H2,1-3H3. The van der Waals surface area contributed by atoms with Crippen LogP contribution >= 0.6 is 39.0 Å². The van der Waals surface area contributed by atoms with Crippen LogP contribution in [0.15, 0.2) is 15.9 Å². The first-order valence-electron chi connectivity index (χ1n) is 4.65. The van der Waals surface area contributed by atoms with Gasteiger partial charge in [0.25, 0.3) is 0 Å². The molecule has 0 saturated carbocycles. The van der Waals surface area contributed by atoms with E-state index in [9.17, 15) is 0 Å². The molecule has 1 nitrogen and oxygen atoms in total. The summed E-state index contributed by atoms with van der Waals surface area (Å²) in [5, 5.41) is 3.16. The number of hydrogen-bond acceptors (Lipinski definition) is 3. The minimum Gasteiger partial charge on any atom is -0.327 e. The number of hydrogen-bond donors (Lipinski definition) is 1. The molecule has 0 amide bonds. The van der Waals surface area contributed by atoms with Crippen molar-refractivity contribution in [3.05, 3.63) is 20.8 Å². The van der Waals surface area contributed by atoms with Crippen LogP contribution in [0.2, 0.25) is 0 Å². The van der Waals surface area contributed by atoms with Gasteiger partial charge in [-0.25, -0.2) is 0 Å². The molecule has 0 aliphatic heterocycles. The lowest BCUT2D eigenvalue weighted by Crippen LogP contribution is -2.23. The second-order valence-corrected chi connectivity index (χ2v) is 7.21. The molecule has 1 aromatic rings. The first-order valence-corrected chi connectivity index (χ1v) is 7.27. The Morgan fingerprint density at radius 2 is 2.07 bits per heavy atom. The Kier molecular flexibility index (Phi) is 4.97. The van der Waals surface area contributed by atoms with Crippen LogP contribution in [0.1, 0.15) is 30.9 Å². The van der Waals surface area contributed by atoms with Gasteiger partial charge in [-0.3, -0.25) is 0 Å². The fraction of sp³-hybridized carbons (Fsp3) is 0.600. The maximum absolute atomic E-state index is 6.00. The molecule has 14 heavy (non-hydrogen) atoms. The van der Waals surface area contributed by atoms with E-state index in [0.29, 0.717) is 10.5 Å². The first kappa shape index (κ1) is 12.6. The van der Waals surface area contributed by atoms with Crippen molar-refractivity contribution in [3.63, 3.8) is 0 Å². The van der Waals surface area contributed by atoms with Gasteiger partial charge >= 0.3 is 0 Å². The molecule has 1 heterocycles. The SMILES string of the molecule is CC(C)SC(c1cc(Br)cs1)C(C)N. The number of nitrogens with two attached hydrogens (primary N) is 1. The highest BCUT2D eigenvalue weighted by Gasteiger charge is 2.19. The van der Waals surface area contributed by atoms with Crippen molar-refractivity contribution in [2.45, 2.75) is 37.3 Å². The van der Waals surface area contributed by atoms with Crippen molar-refractivity contribution < 1.29 is 0 Å². The van der Waals surface area contributed by atoms with Crippen LogP contribution in [-0.2, 0) is 0 Å². The molecule has 2 N–H and O–H groups in total. The molecular weight excluding hydrogens is 278 g/mol. The quantitative estimate of drug-likeness (QED) is 0.907. The minimum absolute atomic E-state index is 0.202. The fourth-order valence-corrected chi connectivity index (χ4v) is 4.13. The van der Waals surface area contributed by atoms with Crippen molar-refractivity contribution in [3.8, 4) is 0 Å². The van der Waals surface area contributed by atoms with Crippen LogP contribution in [0.3, 0.4) is 0 Å². The lowest BCUT2D eigenvalue weighted by molar-refractivity contribution is 0.727. The lowest BCUT2D eigenvalue weighted by Gasteiger charge is -2.20. The van der Waals surface area contributed by atoms with Crippen LogP contribution < -0.4 is 5.73 Å². The summed E-state index contributed by atoms with van der Waals surface area (Å²) >= 11 is 7.20. The third kappa shape index (κ3) is 3.57. The molecule has 0 spiro atoms. The largest absolute Gasteiger partial charge is 0.327 e. The summed E-state index contributed by atoms with van der Waals surface area (Å²) in [7, 11) is 0. The second-order valence-electron chi connectivity index (χ2n) is 3.63. The molecular formula is C10H16BrNS2. The van der Waals surface area contributed by atoms with Gasteiger partial charge < -0.3 is 5.73 Å². The van der Waals surface area contributed by atoms with E-state index in [1.54, 1.807) is 11.3 Å². The van der Waals surface area contributed by atoms with E-state index in [1.807, 2.05) is 11.8 Å². The second kappa shape index (κ2) is 5.54. The zero-order valence-electron chi connectivity index (χ0n) is 8.66. The molecule has 2 atom stereocenters. The molecule has 0 aliphatic carbocycles. The van der Waals surface area contributed by atoms with Gasteiger partial charge in [-0.05, 0) is 34.2 Å². The van der Waals surface area contributed by atoms with Gasteiger partial charge in [0, 0.05) is 20.8 Å². The number of halogens is 1. The third-order valence-corrected chi connectivity index (χ3v) is 5.21. The number of thiophene rings is 1. The van der Waals surface area contributed by atoms with Crippen molar-refractivity contribution in [2.75, 3.05) is 0 Å². The summed E-state index contributed by atoms with van der Waals surface area (Å²) in [6.07, 6.45) is 0. The van der Waals surface area contributed by atoms with Crippen molar-refractivity contribution in [1.29, 1.82) is 0 Å². The molecule has 1 aromatic heterocycles. The van der Waals surface area contributed by atoms with Gasteiger partial charge in [0.2, 0.25) is 0 Å². The Hall–Kier alpha value is 0.490. The monoisotopic (exact) mass is 293 g/mol. The summed E-state index contributed by atoms with van der Waals surface area (Å²) in [4.78, 5) is 1.37. The number of rotatable bonds is 4. The van der Waals surface area contributed by atoms with E-state index in [1.165, 1.54) is 4.88 Å². The van der Waals surface area contributed by atoms with Crippen LogP contribution in [0, 0.1) is 0 Å². The molecule has 0 aliphatic rings. The lowest BCUT2D eigenvalue weighted by atomic mass is 10.2. The third-order valence-electron chi connectivity index (χ3n) is 1.76. The van der Waals surface area contributed by atoms with E-state index < -0.39 is 0 Å². The van der Waals surface area contributed by atoms with Gasteiger partial charge in [-0.1, -0.05) is 13.8 Å². The van der Waals surface area contributed by atoms with Gasteiger partial charge in [0.05, 0.1) is 5.25 Å². The summed E-state index contributed by atoms with van der Waals surface area (Å²) in [6, 6.07) is 2.38. The van der Waals surface area contributed by atoms with E-state index in [4.69, 9.17) is 5.73 Å². The van der Waals surface area contributed by atoms with Crippen LogP contribution in [0.4, 0.5) is 0 Å². The highest BCUT2D eigenvalue weighted by atomic mass is 79.9. The average molecular weight is 294 g/mol. The van der Waals surface area contributed by atoms with E-state index in [2.05, 4.69) is 48.1 Å². The molecule has 0 bridgehead atoms. The first-order chi connectivity index (χ1) is 6.50. The maximum Gasteiger partial charge on any atom is 0.0542 e. The van der Waals surface area contributed by atoms with Gasteiger partial charge in [-0.2, -0.15) is 0 Å². The summed E-state index contributed by atoms with van der Waals surface area (Å²) in [6.45, 7) is 6.50. The van der Waals surface area contributed by atoms with E-state index in [-0.39, 0.29) is 6.04 Å². The molecule has 2 unspecified atom stereocenters. The van der Waals surface area contributed by atoms with Crippen molar-refractivity contribution >= 4 is 39.0 Å². The van der Waals surface area contributed by atoms with Crippen LogP contribution in [0.5, 0.6) is 0 Å². The molecule has 0 saturated heterocycles. The summed E-state index contributed by atoms with van der Waals surface area (Å²) < 4.78 is 1.16. The van der Waals surface area contributed by atoms with E-state index in [0.717, 1.165) is 4.47 Å². The zero-order chi connectivity index (χ0) is 10.7. The Bertz CT molecular complexity index is 283. The van der Waals surface area contributed by atoms with Crippen molar-refractivity contribution in [1.82, 2.24) is 0 Å². The molecule has 0 fully saturated rings. The molecule has 1 rings (SSSR count). The van der Waals surface area contributed by atoms with E-state index >= 15 is 0 Å². The predicted octanol–water partition coefficient (Wildman–Crippen LogP) is 4.04. The Balaban J connectivity index is 2.77. The Labute approximate surface area is 103 Å². The van der Waals surface area contributed by atoms with Crippen molar-refractivity contribution in [2.24, 2.45) is 5.73 Å².